The number of carbonyl (C=O) groups is 3. The molecule has 0 spiro atoms. The van der Waals surface area contributed by atoms with E-state index in [0.717, 1.165) is 35.1 Å². The molecule has 2 unspecified atom stereocenters. The van der Waals surface area contributed by atoms with Gasteiger partial charge in [0, 0.05) is 16.8 Å². The second-order valence-corrected chi connectivity index (χ2v) is 10.2. The van der Waals surface area contributed by atoms with E-state index >= 15 is 0 Å². The fraction of sp³-hybridized carbons (Fsp3) is 0.276. The van der Waals surface area contributed by atoms with Gasteiger partial charge in [0.1, 0.15) is 6.04 Å². The van der Waals surface area contributed by atoms with Crippen LogP contribution in [0.3, 0.4) is 0 Å². The van der Waals surface area contributed by atoms with Gasteiger partial charge in [0.15, 0.2) is 5.78 Å². The highest BCUT2D eigenvalue weighted by molar-refractivity contribution is 6.30. The Morgan fingerprint density at radius 3 is 2.37 bits per heavy atom. The van der Waals surface area contributed by atoms with E-state index in [0.29, 0.717) is 16.3 Å². The molecule has 0 N–H and O–H groups in total. The van der Waals surface area contributed by atoms with Gasteiger partial charge in [0.2, 0.25) is 11.8 Å². The second-order valence-electron chi connectivity index (χ2n) is 9.75. The summed E-state index contributed by atoms with van der Waals surface area (Å²) in [6.45, 7) is 3.97. The third kappa shape index (κ3) is 3.25. The number of anilines is 1. The van der Waals surface area contributed by atoms with Crippen molar-refractivity contribution in [1.29, 1.82) is 0 Å². The van der Waals surface area contributed by atoms with Crippen molar-refractivity contribution >= 4 is 34.9 Å². The first-order valence-corrected chi connectivity index (χ1v) is 12.4. The van der Waals surface area contributed by atoms with E-state index in [1.165, 1.54) is 4.90 Å². The zero-order valence-corrected chi connectivity index (χ0v) is 20.3. The van der Waals surface area contributed by atoms with Gasteiger partial charge >= 0.3 is 0 Å². The Morgan fingerprint density at radius 2 is 1.63 bits per heavy atom. The van der Waals surface area contributed by atoms with Gasteiger partial charge in [0.25, 0.3) is 0 Å². The molecule has 2 aromatic rings. The minimum atomic E-state index is -0.764. The van der Waals surface area contributed by atoms with Crippen LogP contribution in [0.4, 0.5) is 5.69 Å². The van der Waals surface area contributed by atoms with E-state index < -0.39 is 17.9 Å². The van der Waals surface area contributed by atoms with Gasteiger partial charge < -0.3 is 4.90 Å². The van der Waals surface area contributed by atoms with Crippen LogP contribution < -0.4 is 4.90 Å². The standard InChI is InChI=1S/C29H25ClN2O3/c1-16-7-12-21(15-17(16)2)32-28(34)23-24(29(32)35)26(27(33)19-8-10-20(30)11-9-19)31-14-13-18-5-3-4-6-22(18)25(23)31/h5-15,23-26H,3-4H2,1-2H3/t23-,24+,25?,26?/m0/s1. The molecule has 2 saturated heterocycles. The van der Waals surface area contributed by atoms with E-state index in [-0.39, 0.29) is 23.6 Å². The van der Waals surface area contributed by atoms with Crippen molar-refractivity contribution in [3.05, 3.63) is 99.8 Å². The molecular weight excluding hydrogens is 460 g/mol. The Morgan fingerprint density at radius 1 is 0.914 bits per heavy atom. The average Bonchev–Trinajstić information content (AvgIpc) is 3.33. The number of fused-ring (bicyclic) bond motifs is 5. The van der Waals surface area contributed by atoms with Gasteiger partial charge in [-0.3, -0.25) is 14.4 Å². The highest BCUT2D eigenvalue weighted by Gasteiger charge is 2.65. The zero-order chi connectivity index (χ0) is 24.4. The van der Waals surface area contributed by atoms with Crippen LogP contribution in [0.2, 0.25) is 5.02 Å². The summed E-state index contributed by atoms with van der Waals surface area (Å²) in [6.07, 6.45) is 10.1. The normalized spacial score (nSPS) is 26.8. The molecule has 176 valence electrons. The predicted octanol–water partition coefficient (Wildman–Crippen LogP) is 5.17. The summed E-state index contributed by atoms with van der Waals surface area (Å²) < 4.78 is 0. The molecule has 0 saturated carbocycles. The highest BCUT2D eigenvalue weighted by atomic mass is 35.5. The van der Waals surface area contributed by atoms with Crippen molar-refractivity contribution in [2.45, 2.75) is 38.8 Å². The topological polar surface area (TPSA) is 57.7 Å². The summed E-state index contributed by atoms with van der Waals surface area (Å²) in [4.78, 5) is 45.0. The van der Waals surface area contributed by atoms with Gasteiger partial charge in [-0.15, -0.1) is 0 Å². The molecule has 0 radical (unpaired) electrons. The molecule has 3 aliphatic heterocycles. The molecule has 4 atom stereocenters. The van der Waals surface area contributed by atoms with Crippen molar-refractivity contribution in [1.82, 2.24) is 4.90 Å². The van der Waals surface area contributed by atoms with Crippen LogP contribution in [0.5, 0.6) is 0 Å². The lowest BCUT2D eigenvalue weighted by atomic mass is 9.81. The number of benzene rings is 2. The third-order valence-electron chi connectivity index (χ3n) is 7.84. The fourth-order valence-corrected chi connectivity index (χ4v) is 6.12. The van der Waals surface area contributed by atoms with Crippen LogP contribution in [0.15, 0.2) is 78.0 Å². The van der Waals surface area contributed by atoms with E-state index in [1.54, 1.807) is 24.3 Å². The van der Waals surface area contributed by atoms with Crippen LogP contribution in [0.1, 0.15) is 34.3 Å². The Balaban J connectivity index is 1.48. The number of Topliss-reactive ketones (excluding diaryl/α,β-unsaturated/α-hetero) is 1. The maximum Gasteiger partial charge on any atom is 0.240 e. The molecule has 6 rings (SSSR count). The smallest absolute Gasteiger partial charge is 0.240 e. The number of rotatable bonds is 3. The van der Waals surface area contributed by atoms with E-state index in [2.05, 4.69) is 12.2 Å². The summed E-state index contributed by atoms with van der Waals surface area (Å²) in [5.41, 5.74) is 5.28. The summed E-state index contributed by atoms with van der Waals surface area (Å²) in [7, 11) is 0. The van der Waals surface area contributed by atoms with Gasteiger partial charge in [-0.25, -0.2) is 4.90 Å². The number of hydrogen-bond acceptors (Lipinski definition) is 4. The molecule has 3 heterocycles. The quantitative estimate of drug-likeness (QED) is 0.445. The van der Waals surface area contributed by atoms with Crippen LogP contribution in [0.25, 0.3) is 0 Å². The van der Waals surface area contributed by atoms with Crippen molar-refractivity contribution in [2.75, 3.05) is 4.90 Å². The Hall–Kier alpha value is -3.44. The summed E-state index contributed by atoms with van der Waals surface area (Å²) in [6, 6.07) is 11.3. The molecule has 0 bridgehead atoms. The van der Waals surface area contributed by atoms with Gasteiger partial charge in [0.05, 0.1) is 23.6 Å². The number of ketones is 1. The van der Waals surface area contributed by atoms with E-state index in [1.807, 2.05) is 49.2 Å². The molecule has 1 aliphatic carbocycles. The van der Waals surface area contributed by atoms with E-state index in [9.17, 15) is 14.4 Å². The molecule has 35 heavy (non-hydrogen) atoms. The highest BCUT2D eigenvalue weighted by Crippen LogP contribution is 2.50. The Labute approximate surface area is 209 Å². The molecule has 5 nitrogen and oxygen atoms in total. The zero-order valence-electron chi connectivity index (χ0n) is 19.6. The monoisotopic (exact) mass is 484 g/mol. The summed E-state index contributed by atoms with van der Waals surface area (Å²) in [5, 5.41) is 0.539. The van der Waals surface area contributed by atoms with Crippen molar-refractivity contribution in [3.8, 4) is 0 Å². The molecular formula is C29H25ClN2O3. The van der Waals surface area contributed by atoms with Gasteiger partial charge in [-0.2, -0.15) is 0 Å². The number of nitrogens with zero attached hydrogens (tertiary/aromatic N) is 2. The Bertz CT molecular complexity index is 1370. The first-order chi connectivity index (χ1) is 16.9. The number of imide groups is 1. The van der Waals surface area contributed by atoms with Crippen LogP contribution in [0, 0.1) is 25.7 Å². The van der Waals surface area contributed by atoms with Crippen LogP contribution >= 0.6 is 11.6 Å². The number of aryl methyl sites for hydroxylation is 2. The number of amides is 2. The first kappa shape index (κ1) is 22.1. The third-order valence-corrected chi connectivity index (χ3v) is 8.09. The number of allylic oxidation sites excluding steroid dienone is 3. The Kier molecular flexibility index (Phi) is 5.08. The molecule has 2 aromatic carbocycles. The lowest BCUT2D eigenvalue weighted by molar-refractivity contribution is -0.123. The van der Waals surface area contributed by atoms with Gasteiger partial charge in [-0.05, 0) is 91.4 Å². The SMILES string of the molecule is Cc1ccc(N2C(=O)[C@@H]3C4C5=CCCC=C5C=CN4C(C(=O)c4ccc(Cl)cc4)[C@@H]3C2=O)cc1C. The number of halogens is 1. The first-order valence-electron chi connectivity index (χ1n) is 12.0. The molecule has 6 heteroatoms. The molecule has 4 aliphatic rings. The lowest BCUT2D eigenvalue weighted by Crippen LogP contribution is -2.47. The van der Waals surface area contributed by atoms with Crippen molar-refractivity contribution in [2.24, 2.45) is 11.8 Å². The fourth-order valence-electron chi connectivity index (χ4n) is 6.00. The predicted molar refractivity (Wildman–Crippen MR) is 135 cm³/mol. The average molecular weight is 485 g/mol. The van der Waals surface area contributed by atoms with E-state index in [4.69, 9.17) is 11.6 Å². The van der Waals surface area contributed by atoms with Crippen LogP contribution in [-0.2, 0) is 9.59 Å². The van der Waals surface area contributed by atoms with Crippen molar-refractivity contribution in [3.63, 3.8) is 0 Å². The number of carbonyl (C=O) groups excluding carboxylic acids is 3. The second kappa shape index (κ2) is 8.06. The molecule has 2 amide bonds. The molecule has 2 fully saturated rings. The van der Waals surface area contributed by atoms with Crippen molar-refractivity contribution < 1.29 is 14.4 Å². The van der Waals surface area contributed by atoms with Gasteiger partial charge in [-0.1, -0.05) is 29.8 Å². The molecule has 0 aromatic heterocycles. The number of hydrogen-bond donors (Lipinski definition) is 0. The minimum absolute atomic E-state index is 0.171. The van der Waals surface area contributed by atoms with Crippen LogP contribution in [-0.4, -0.2) is 34.6 Å². The summed E-state index contributed by atoms with van der Waals surface area (Å²) in [5.74, 6) is -2.09. The largest absolute Gasteiger partial charge is 0.358 e. The maximum atomic E-state index is 14.0. The minimum Gasteiger partial charge on any atom is -0.358 e. The maximum absolute atomic E-state index is 14.0. The summed E-state index contributed by atoms with van der Waals surface area (Å²) >= 11 is 6.05. The lowest BCUT2D eigenvalue weighted by Gasteiger charge is -2.37.